The minimum absolute atomic E-state index is 0.0721. The highest BCUT2D eigenvalue weighted by molar-refractivity contribution is 7.89. The summed E-state index contributed by atoms with van der Waals surface area (Å²) in [5, 5.41) is 3.59. The lowest BCUT2D eigenvalue weighted by molar-refractivity contribution is 0.543. The average Bonchev–Trinajstić information content (AvgIpc) is 2.78. The van der Waals surface area contributed by atoms with Gasteiger partial charge in [0.05, 0.1) is 0 Å². The van der Waals surface area contributed by atoms with E-state index in [1.165, 1.54) is 11.3 Å². The van der Waals surface area contributed by atoms with Crippen molar-refractivity contribution in [1.82, 2.24) is 4.72 Å². The minimum atomic E-state index is -3.97. The van der Waals surface area contributed by atoms with Crippen molar-refractivity contribution in [2.45, 2.75) is 11.4 Å². The first kappa shape index (κ1) is 13.1. The van der Waals surface area contributed by atoms with Gasteiger partial charge in [0.2, 0.25) is 10.0 Å². The summed E-state index contributed by atoms with van der Waals surface area (Å²) < 4.78 is 51.9. The lowest BCUT2D eigenvalue weighted by atomic mass is 10.3. The van der Waals surface area contributed by atoms with E-state index < -0.39 is 26.6 Å². The maximum Gasteiger partial charge on any atom is 0.243 e. The fraction of sp³-hybridized carbons (Fsp3) is 0.0909. The summed E-state index contributed by atoms with van der Waals surface area (Å²) in [7, 11) is -3.97. The van der Waals surface area contributed by atoms with E-state index in [0.29, 0.717) is 6.07 Å². The Kier molecular flexibility index (Phi) is 3.74. The van der Waals surface area contributed by atoms with E-state index in [4.69, 9.17) is 0 Å². The SMILES string of the molecule is O=S(=O)(NCc1ccsc1)c1ccc(F)cc1F. The van der Waals surface area contributed by atoms with Gasteiger partial charge in [-0.15, -0.1) is 0 Å². The van der Waals surface area contributed by atoms with Crippen molar-refractivity contribution in [3.05, 3.63) is 52.2 Å². The van der Waals surface area contributed by atoms with Gasteiger partial charge in [0.25, 0.3) is 0 Å². The van der Waals surface area contributed by atoms with Crippen LogP contribution in [0, 0.1) is 11.6 Å². The molecule has 3 nitrogen and oxygen atoms in total. The van der Waals surface area contributed by atoms with E-state index >= 15 is 0 Å². The van der Waals surface area contributed by atoms with Gasteiger partial charge in [-0.3, -0.25) is 0 Å². The van der Waals surface area contributed by atoms with Crippen molar-refractivity contribution >= 4 is 21.4 Å². The number of halogens is 2. The van der Waals surface area contributed by atoms with E-state index in [9.17, 15) is 17.2 Å². The first-order valence-corrected chi connectivity index (χ1v) is 7.37. The molecule has 1 N–H and O–H groups in total. The smallest absolute Gasteiger partial charge is 0.207 e. The second-order valence-corrected chi connectivity index (χ2v) is 6.05. The number of sulfonamides is 1. The quantitative estimate of drug-likeness (QED) is 0.940. The molecule has 0 saturated carbocycles. The van der Waals surface area contributed by atoms with Crippen molar-refractivity contribution in [3.8, 4) is 0 Å². The molecular formula is C11H9F2NO2S2. The standard InChI is InChI=1S/C11H9F2NO2S2/c12-9-1-2-11(10(13)5-9)18(15,16)14-6-8-3-4-17-7-8/h1-5,7,14H,6H2. The Morgan fingerprint density at radius 2 is 2.00 bits per heavy atom. The van der Waals surface area contributed by atoms with Gasteiger partial charge < -0.3 is 0 Å². The molecule has 1 aromatic carbocycles. The predicted molar refractivity (Wildman–Crippen MR) is 64.7 cm³/mol. The zero-order valence-corrected chi connectivity index (χ0v) is 10.7. The molecule has 0 amide bonds. The molecule has 0 aliphatic carbocycles. The number of rotatable bonds is 4. The fourth-order valence-corrected chi connectivity index (χ4v) is 3.09. The highest BCUT2D eigenvalue weighted by Gasteiger charge is 2.19. The van der Waals surface area contributed by atoms with Gasteiger partial charge in [0.15, 0.2) is 0 Å². The molecular weight excluding hydrogens is 280 g/mol. The molecule has 0 fully saturated rings. The van der Waals surface area contributed by atoms with Gasteiger partial charge in [-0.1, -0.05) is 0 Å². The summed E-state index contributed by atoms with van der Waals surface area (Å²) >= 11 is 1.43. The van der Waals surface area contributed by atoms with Crippen LogP contribution >= 0.6 is 11.3 Å². The molecule has 96 valence electrons. The van der Waals surface area contributed by atoms with Gasteiger partial charge >= 0.3 is 0 Å². The van der Waals surface area contributed by atoms with Crippen LogP contribution in [0.3, 0.4) is 0 Å². The lowest BCUT2D eigenvalue weighted by Gasteiger charge is -2.06. The second kappa shape index (κ2) is 5.13. The Balaban J connectivity index is 2.20. The maximum atomic E-state index is 13.4. The Bertz CT molecular complexity index is 639. The summed E-state index contributed by atoms with van der Waals surface area (Å²) in [6.45, 7) is 0.0721. The van der Waals surface area contributed by atoms with Crippen molar-refractivity contribution in [1.29, 1.82) is 0 Å². The number of thiophene rings is 1. The molecule has 0 radical (unpaired) electrons. The number of hydrogen-bond acceptors (Lipinski definition) is 3. The molecule has 0 aliphatic rings. The lowest BCUT2D eigenvalue weighted by Crippen LogP contribution is -2.24. The molecule has 1 heterocycles. The molecule has 0 bridgehead atoms. The van der Waals surface area contributed by atoms with E-state index in [1.54, 1.807) is 11.4 Å². The molecule has 2 aromatic rings. The zero-order chi connectivity index (χ0) is 13.2. The fourth-order valence-electron chi connectivity index (χ4n) is 1.34. The Labute approximate surface area is 107 Å². The van der Waals surface area contributed by atoms with Gasteiger partial charge in [-0.05, 0) is 34.5 Å². The largest absolute Gasteiger partial charge is 0.243 e. The topological polar surface area (TPSA) is 46.2 Å². The summed E-state index contributed by atoms with van der Waals surface area (Å²) in [6, 6.07) is 4.11. The molecule has 7 heteroatoms. The van der Waals surface area contributed by atoms with Crippen LogP contribution in [0.2, 0.25) is 0 Å². The zero-order valence-electron chi connectivity index (χ0n) is 9.06. The summed E-state index contributed by atoms with van der Waals surface area (Å²) in [6.07, 6.45) is 0. The van der Waals surface area contributed by atoms with Crippen molar-refractivity contribution in [2.75, 3.05) is 0 Å². The number of benzene rings is 1. The third kappa shape index (κ3) is 2.92. The Morgan fingerprint density at radius 1 is 1.22 bits per heavy atom. The summed E-state index contributed by atoms with van der Waals surface area (Å²) in [5.74, 6) is -1.92. The highest BCUT2D eigenvalue weighted by atomic mass is 32.2. The van der Waals surface area contributed by atoms with Crippen LogP contribution in [0.25, 0.3) is 0 Å². The monoisotopic (exact) mass is 289 g/mol. The summed E-state index contributed by atoms with van der Waals surface area (Å²) in [5.41, 5.74) is 0.783. The van der Waals surface area contributed by atoms with Gasteiger partial charge in [0.1, 0.15) is 16.5 Å². The van der Waals surface area contributed by atoms with E-state index in [-0.39, 0.29) is 6.54 Å². The van der Waals surface area contributed by atoms with Crippen LogP contribution < -0.4 is 4.72 Å². The predicted octanol–water partition coefficient (Wildman–Crippen LogP) is 2.50. The highest BCUT2D eigenvalue weighted by Crippen LogP contribution is 2.16. The minimum Gasteiger partial charge on any atom is -0.207 e. The van der Waals surface area contributed by atoms with E-state index in [0.717, 1.165) is 17.7 Å². The van der Waals surface area contributed by atoms with Crippen LogP contribution in [-0.4, -0.2) is 8.42 Å². The van der Waals surface area contributed by atoms with Crippen molar-refractivity contribution in [2.24, 2.45) is 0 Å². The summed E-state index contributed by atoms with van der Waals surface area (Å²) in [4.78, 5) is -0.556. The van der Waals surface area contributed by atoms with Crippen LogP contribution in [0.4, 0.5) is 8.78 Å². The van der Waals surface area contributed by atoms with E-state index in [2.05, 4.69) is 4.72 Å². The molecule has 0 aliphatic heterocycles. The molecule has 0 spiro atoms. The Hall–Kier alpha value is -1.31. The van der Waals surface area contributed by atoms with Crippen LogP contribution in [0.5, 0.6) is 0 Å². The van der Waals surface area contributed by atoms with E-state index in [1.807, 2.05) is 5.38 Å². The first-order valence-electron chi connectivity index (χ1n) is 4.95. The normalized spacial score (nSPS) is 11.7. The third-order valence-electron chi connectivity index (χ3n) is 2.23. The van der Waals surface area contributed by atoms with Gasteiger partial charge in [0, 0.05) is 12.6 Å². The molecule has 18 heavy (non-hydrogen) atoms. The Morgan fingerprint density at radius 3 is 2.61 bits per heavy atom. The third-order valence-corrected chi connectivity index (χ3v) is 4.40. The van der Waals surface area contributed by atoms with Gasteiger partial charge in [-0.2, -0.15) is 11.3 Å². The molecule has 2 rings (SSSR count). The molecule has 0 saturated heterocycles. The van der Waals surface area contributed by atoms with Crippen LogP contribution in [-0.2, 0) is 16.6 Å². The van der Waals surface area contributed by atoms with Crippen LogP contribution in [0.1, 0.15) is 5.56 Å². The number of hydrogen-bond donors (Lipinski definition) is 1. The molecule has 0 atom stereocenters. The molecule has 1 aromatic heterocycles. The average molecular weight is 289 g/mol. The maximum absolute atomic E-state index is 13.4. The molecule has 0 unspecified atom stereocenters. The second-order valence-electron chi connectivity index (χ2n) is 3.53. The first-order chi connectivity index (χ1) is 8.49. The van der Waals surface area contributed by atoms with Crippen molar-refractivity contribution in [3.63, 3.8) is 0 Å². The number of nitrogens with one attached hydrogen (secondary N) is 1. The van der Waals surface area contributed by atoms with Crippen LogP contribution in [0.15, 0.2) is 39.9 Å². The van der Waals surface area contributed by atoms with Crippen molar-refractivity contribution < 1.29 is 17.2 Å². The van der Waals surface area contributed by atoms with Gasteiger partial charge in [-0.25, -0.2) is 21.9 Å².